The zero-order chi connectivity index (χ0) is 51.2. The second kappa shape index (κ2) is 24.0. The maximum absolute atomic E-state index is 13.0. The average molecular weight is 1020 g/mol. The number of nitrogens with two attached hydrogens (primary N) is 2. The lowest BCUT2D eigenvalue weighted by Gasteiger charge is -2.27. The van der Waals surface area contributed by atoms with Crippen LogP contribution >= 0.6 is 0 Å². The molecule has 0 spiro atoms. The molecule has 0 saturated carbocycles. The van der Waals surface area contributed by atoms with Gasteiger partial charge < -0.3 is 20.9 Å². The molecule has 0 bridgehead atoms. The molecular weight excluding hydrogens is 953 g/mol. The van der Waals surface area contributed by atoms with Crippen molar-refractivity contribution in [3.63, 3.8) is 0 Å². The fraction of sp³-hybridized carbons (Fsp3) is 0.511. The van der Waals surface area contributed by atoms with E-state index in [-0.39, 0.29) is 5.41 Å². The molecule has 5 N–H and O–H groups in total. The van der Waals surface area contributed by atoms with Gasteiger partial charge in [-0.1, -0.05) is 41.0 Å². The van der Waals surface area contributed by atoms with Crippen LogP contribution in [0.5, 0.6) is 11.8 Å². The SMILES string of the molecule is CCCC(C)(C)CCOc1ccc(-c2nnn(CC)n2)cn1.CCn1nnc(-c2ccc(OCCC(C)(C)CCN3CCN(c4ccnc(N)c4)S3(=O)=O)nc2)n1.Nc1cc(N2CCNS2(=O)=O)ccn1. The molecule has 6 aromatic heterocycles. The van der Waals surface area contributed by atoms with Gasteiger partial charge in [0.05, 0.1) is 37.7 Å². The highest BCUT2D eigenvalue weighted by atomic mass is 32.2. The lowest BCUT2D eigenvalue weighted by Crippen LogP contribution is -2.35. The Morgan fingerprint density at radius 1 is 0.634 bits per heavy atom. The van der Waals surface area contributed by atoms with Crippen LogP contribution in [0.4, 0.5) is 23.0 Å². The van der Waals surface area contributed by atoms with Crippen LogP contribution in [0, 0.1) is 10.8 Å². The highest BCUT2D eigenvalue weighted by Gasteiger charge is 2.37. The molecule has 0 amide bonds. The van der Waals surface area contributed by atoms with Gasteiger partial charge in [-0.2, -0.15) is 35.5 Å². The number of nitrogens with one attached hydrogen (secondary N) is 1. The number of nitrogens with zero attached hydrogens (tertiary/aromatic N) is 15. The molecule has 2 aliphatic rings. The van der Waals surface area contributed by atoms with Gasteiger partial charge in [-0.25, -0.2) is 19.9 Å². The molecule has 26 heteroatoms. The number of anilines is 4. The highest BCUT2D eigenvalue weighted by molar-refractivity contribution is 7.91. The first-order valence-electron chi connectivity index (χ1n) is 23.5. The molecule has 384 valence electrons. The smallest absolute Gasteiger partial charge is 0.304 e. The lowest BCUT2D eigenvalue weighted by molar-refractivity contribution is 0.203. The van der Waals surface area contributed by atoms with E-state index in [0.29, 0.717) is 117 Å². The molecule has 2 aliphatic heterocycles. The van der Waals surface area contributed by atoms with Crippen LogP contribution in [0.2, 0.25) is 0 Å². The molecule has 2 fully saturated rings. The van der Waals surface area contributed by atoms with Gasteiger partial charge in [-0.15, -0.1) is 20.4 Å². The van der Waals surface area contributed by atoms with Crippen molar-refractivity contribution >= 4 is 43.4 Å². The molecule has 0 aromatic carbocycles. The van der Waals surface area contributed by atoms with Crippen molar-refractivity contribution in [2.75, 3.05) is 66.0 Å². The zero-order valence-corrected chi connectivity index (χ0v) is 43.1. The van der Waals surface area contributed by atoms with E-state index in [1.807, 2.05) is 32.0 Å². The van der Waals surface area contributed by atoms with E-state index in [1.165, 1.54) is 49.0 Å². The quantitative estimate of drug-likeness (QED) is 0.0994. The van der Waals surface area contributed by atoms with Crippen molar-refractivity contribution in [3.05, 3.63) is 73.3 Å². The summed E-state index contributed by atoms with van der Waals surface area (Å²) in [6.07, 6.45) is 11.3. The van der Waals surface area contributed by atoms with E-state index in [9.17, 15) is 16.8 Å². The van der Waals surface area contributed by atoms with Crippen molar-refractivity contribution in [1.82, 2.24) is 69.4 Å². The first-order chi connectivity index (χ1) is 33.8. The van der Waals surface area contributed by atoms with Gasteiger partial charge in [0.1, 0.15) is 11.6 Å². The maximum Gasteiger partial charge on any atom is 0.304 e. The van der Waals surface area contributed by atoms with Crippen LogP contribution in [0.25, 0.3) is 22.8 Å². The summed E-state index contributed by atoms with van der Waals surface area (Å²) in [5.74, 6) is 2.87. The first-order valence-corrected chi connectivity index (χ1v) is 26.4. The Bertz CT molecular complexity index is 2850. The van der Waals surface area contributed by atoms with Crippen LogP contribution in [0.3, 0.4) is 0 Å². The summed E-state index contributed by atoms with van der Waals surface area (Å²) in [6.45, 7) is 19.5. The summed E-state index contributed by atoms with van der Waals surface area (Å²) in [7, 11) is -6.94. The zero-order valence-electron chi connectivity index (χ0n) is 41.5. The Labute approximate surface area is 415 Å². The van der Waals surface area contributed by atoms with Crippen molar-refractivity contribution in [2.45, 2.75) is 93.7 Å². The fourth-order valence-electron chi connectivity index (χ4n) is 7.39. The lowest BCUT2D eigenvalue weighted by atomic mass is 9.85. The van der Waals surface area contributed by atoms with Gasteiger partial charge in [-0.05, 0) is 85.1 Å². The third kappa shape index (κ3) is 15.2. The van der Waals surface area contributed by atoms with E-state index in [4.69, 9.17) is 20.9 Å². The third-order valence-corrected chi connectivity index (χ3v) is 15.1. The van der Waals surface area contributed by atoms with Gasteiger partial charge in [-0.3, -0.25) is 8.61 Å². The maximum atomic E-state index is 13.0. The minimum absolute atomic E-state index is 0.119. The molecule has 8 heterocycles. The van der Waals surface area contributed by atoms with Crippen LogP contribution in [-0.2, 0) is 33.5 Å². The second-order valence-corrected chi connectivity index (χ2v) is 21.8. The standard InChI is InChI=1S/C22H31N9O3S.C16H25N5O.C7H10N4O2S/c1-4-31-27-21(26-28-31)17-5-6-20(25-16-17)34-14-9-22(2,3)8-11-29-12-13-30(35(29,32)33)18-7-10-24-19(23)15-18;1-5-9-16(3,4)10-11-22-14-8-7-13(12-17-14)15-18-20-21(6-2)19-15;8-7-5-6(1-2-9-7)11-4-3-10-14(11,12)13/h5-7,10,15-16H,4,8-9,11-14H2,1-3H3,(H2,23,24);7-8,12H,5-6,9-11H2,1-4H3;1-2,5,10H,3-4H2,(H2,8,9). The Morgan fingerprint density at radius 2 is 1.14 bits per heavy atom. The Morgan fingerprint density at radius 3 is 1.56 bits per heavy atom. The van der Waals surface area contributed by atoms with Crippen molar-refractivity contribution in [1.29, 1.82) is 0 Å². The van der Waals surface area contributed by atoms with Gasteiger partial charge >= 0.3 is 20.4 Å². The summed E-state index contributed by atoms with van der Waals surface area (Å²) in [6, 6.07) is 13.8. The first kappa shape index (κ1) is 53.7. The molecule has 0 radical (unpaired) electrons. The molecule has 24 nitrogen and oxygen atoms in total. The molecular formula is C45H66N18O6S2. The van der Waals surface area contributed by atoms with Crippen LogP contribution < -0.4 is 34.3 Å². The van der Waals surface area contributed by atoms with E-state index in [1.54, 1.807) is 41.5 Å². The van der Waals surface area contributed by atoms with E-state index in [2.05, 4.69) is 90.1 Å². The largest absolute Gasteiger partial charge is 0.478 e. The molecule has 0 aliphatic carbocycles. The normalized spacial score (nSPS) is 15.4. The van der Waals surface area contributed by atoms with Crippen LogP contribution in [0.1, 0.15) is 80.6 Å². The number of aromatic nitrogens is 12. The number of hydrogen-bond acceptors (Lipinski definition) is 18. The van der Waals surface area contributed by atoms with Crippen molar-refractivity contribution in [2.24, 2.45) is 10.8 Å². The molecule has 0 atom stereocenters. The second-order valence-electron chi connectivity index (χ2n) is 18.2. The summed E-state index contributed by atoms with van der Waals surface area (Å²) >= 11 is 0. The number of pyridine rings is 4. The summed E-state index contributed by atoms with van der Waals surface area (Å²) in [4.78, 5) is 19.5. The summed E-state index contributed by atoms with van der Waals surface area (Å²) in [5.41, 5.74) is 14.1. The number of nitrogen functional groups attached to an aromatic ring is 2. The minimum atomic E-state index is -3.59. The van der Waals surface area contributed by atoms with E-state index < -0.39 is 20.4 Å². The number of hydrogen-bond donors (Lipinski definition) is 3. The monoisotopic (exact) mass is 1020 g/mol. The predicted octanol–water partition coefficient (Wildman–Crippen LogP) is 4.65. The van der Waals surface area contributed by atoms with Crippen LogP contribution in [0.15, 0.2) is 73.3 Å². The molecule has 8 rings (SSSR count). The van der Waals surface area contributed by atoms with E-state index in [0.717, 1.165) is 24.0 Å². The van der Waals surface area contributed by atoms with Gasteiger partial charge in [0.25, 0.3) is 0 Å². The Hall–Kier alpha value is -6.64. The molecule has 6 aromatic rings. The summed E-state index contributed by atoms with van der Waals surface area (Å²) < 4.78 is 67.0. The van der Waals surface area contributed by atoms with Crippen LogP contribution in [-0.4, -0.2) is 127 Å². The van der Waals surface area contributed by atoms with Crippen molar-refractivity contribution < 1.29 is 26.3 Å². The van der Waals surface area contributed by atoms with Gasteiger partial charge in [0.2, 0.25) is 23.4 Å². The Balaban J connectivity index is 0.000000194. The predicted molar refractivity (Wildman–Crippen MR) is 270 cm³/mol. The van der Waals surface area contributed by atoms with Crippen molar-refractivity contribution in [3.8, 4) is 34.5 Å². The third-order valence-electron chi connectivity index (χ3n) is 11.6. The van der Waals surface area contributed by atoms with E-state index >= 15 is 0 Å². The molecule has 71 heavy (non-hydrogen) atoms. The Kier molecular flexibility index (Phi) is 18.1. The molecule has 0 unspecified atom stereocenters. The molecule has 2 saturated heterocycles. The highest BCUT2D eigenvalue weighted by Crippen LogP contribution is 2.31. The average Bonchev–Trinajstić information content (AvgIpc) is 4.15. The van der Waals surface area contributed by atoms with Gasteiger partial charge in [0.15, 0.2) is 0 Å². The number of ether oxygens (including phenoxy) is 2. The fourth-order valence-corrected chi connectivity index (χ4v) is 10.2. The summed E-state index contributed by atoms with van der Waals surface area (Å²) in [5, 5.41) is 24.4. The minimum Gasteiger partial charge on any atom is -0.478 e. The van der Waals surface area contributed by atoms with Gasteiger partial charge in [0, 0.05) is 92.9 Å². The topological polar surface area (TPSA) is 299 Å². The number of rotatable bonds is 19. The number of tetrazole rings is 2. The number of aryl methyl sites for hydroxylation is 2.